The fourth-order valence-electron chi connectivity index (χ4n) is 0.398. The second-order valence-corrected chi connectivity index (χ2v) is 1.93. The third-order valence-electron chi connectivity index (χ3n) is 0.813. The Kier molecular flexibility index (Phi) is 3.15. The first-order chi connectivity index (χ1) is 3.66. The number of halogens is 1. The molecule has 0 aliphatic heterocycles. The van der Waals surface area contributed by atoms with Crippen LogP contribution in [0, 0.1) is 5.92 Å². The maximum absolute atomic E-state index is 11.5. The van der Waals surface area contributed by atoms with Gasteiger partial charge < -0.3 is 5.73 Å². The molecule has 0 spiro atoms. The summed E-state index contributed by atoms with van der Waals surface area (Å²) in [7, 11) is 0. The van der Waals surface area contributed by atoms with Crippen LogP contribution in [-0.4, -0.2) is 12.6 Å². The van der Waals surface area contributed by atoms with Crippen LogP contribution in [0.5, 0.6) is 0 Å². The van der Waals surface area contributed by atoms with Crippen LogP contribution in [0.2, 0.25) is 0 Å². The minimum atomic E-state index is -0.469. The number of hydrogen-bond donors (Lipinski definition) is 1. The fourth-order valence-corrected chi connectivity index (χ4v) is 0.398. The van der Waals surface area contributed by atoms with Crippen molar-refractivity contribution in [1.82, 2.24) is 0 Å². The van der Waals surface area contributed by atoms with Crippen LogP contribution >= 0.6 is 0 Å². The van der Waals surface area contributed by atoms with Crippen molar-refractivity contribution >= 4 is 5.91 Å². The first-order valence-electron chi connectivity index (χ1n) is 2.51. The van der Waals surface area contributed by atoms with Crippen LogP contribution in [0.25, 0.3) is 0 Å². The number of hydrogen-bond acceptors (Lipinski definition) is 1. The fraction of sp³-hybridized carbons (Fsp3) is 0.800. The predicted molar refractivity (Wildman–Crippen MR) is 29.0 cm³/mol. The Morgan fingerprint density at radius 2 is 2.38 bits per heavy atom. The highest BCUT2D eigenvalue weighted by Crippen LogP contribution is 1.99. The average molecular weight is 119 g/mol. The van der Waals surface area contributed by atoms with E-state index in [0.29, 0.717) is 0 Å². The third-order valence-corrected chi connectivity index (χ3v) is 0.813. The van der Waals surface area contributed by atoms with Crippen molar-refractivity contribution in [2.45, 2.75) is 13.3 Å². The number of amides is 1. The number of nitrogens with two attached hydrogens (primary N) is 1. The largest absolute Gasteiger partial charge is 0.370 e. The molecule has 0 aliphatic carbocycles. The maximum atomic E-state index is 11.5. The van der Waals surface area contributed by atoms with Gasteiger partial charge in [0, 0.05) is 6.42 Å². The van der Waals surface area contributed by atoms with Crippen molar-refractivity contribution in [1.29, 1.82) is 0 Å². The molecule has 0 aromatic heterocycles. The van der Waals surface area contributed by atoms with Gasteiger partial charge in [-0.05, 0) is 5.92 Å². The molecule has 0 heterocycles. The van der Waals surface area contributed by atoms with E-state index in [4.69, 9.17) is 5.73 Å². The molecule has 0 radical (unpaired) electrons. The molecule has 1 atom stereocenters. The standard InChI is InChI=1S/C5H10FNO/c1-4(3-6)2-5(7)8/h4H,2-3H2,1H3,(H2,7,8). The van der Waals surface area contributed by atoms with Gasteiger partial charge in [0.2, 0.25) is 5.91 Å². The first-order valence-corrected chi connectivity index (χ1v) is 2.51. The third kappa shape index (κ3) is 3.59. The Bertz CT molecular complexity index is 84.5. The highest BCUT2D eigenvalue weighted by atomic mass is 19.1. The lowest BCUT2D eigenvalue weighted by molar-refractivity contribution is -0.118. The minimum absolute atomic E-state index is 0.149. The summed E-state index contributed by atoms with van der Waals surface area (Å²) in [6.45, 7) is 1.17. The van der Waals surface area contributed by atoms with E-state index < -0.39 is 12.6 Å². The molecule has 3 heteroatoms. The zero-order valence-electron chi connectivity index (χ0n) is 4.86. The van der Waals surface area contributed by atoms with Crippen molar-refractivity contribution in [2.24, 2.45) is 11.7 Å². The second kappa shape index (κ2) is 3.41. The molecule has 0 saturated heterocycles. The topological polar surface area (TPSA) is 43.1 Å². The van der Waals surface area contributed by atoms with Crippen molar-refractivity contribution in [3.05, 3.63) is 0 Å². The van der Waals surface area contributed by atoms with Crippen LogP contribution in [0.4, 0.5) is 4.39 Å². The summed E-state index contributed by atoms with van der Waals surface area (Å²) >= 11 is 0. The van der Waals surface area contributed by atoms with Gasteiger partial charge in [-0.3, -0.25) is 9.18 Å². The van der Waals surface area contributed by atoms with Gasteiger partial charge in [-0.2, -0.15) is 0 Å². The summed E-state index contributed by atoms with van der Waals surface area (Å²) in [5.74, 6) is -0.650. The molecular weight excluding hydrogens is 109 g/mol. The Morgan fingerprint density at radius 1 is 1.88 bits per heavy atom. The van der Waals surface area contributed by atoms with E-state index in [9.17, 15) is 9.18 Å². The Labute approximate surface area is 47.9 Å². The molecule has 1 unspecified atom stereocenters. The molecule has 0 fully saturated rings. The van der Waals surface area contributed by atoms with Gasteiger partial charge >= 0.3 is 0 Å². The van der Waals surface area contributed by atoms with E-state index in [2.05, 4.69) is 0 Å². The second-order valence-electron chi connectivity index (χ2n) is 1.93. The number of carbonyl (C=O) groups is 1. The van der Waals surface area contributed by atoms with E-state index in [1.54, 1.807) is 6.92 Å². The van der Waals surface area contributed by atoms with Crippen molar-refractivity contribution < 1.29 is 9.18 Å². The van der Waals surface area contributed by atoms with Gasteiger partial charge in [0.05, 0.1) is 6.67 Å². The van der Waals surface area contributed by atoms with E-state index in [-0.39, 0.29) is 12.3 Å². The zero-order valence-corrected chi connectivity index (χ0v) is 4.86. The number of primary amides is 1. The molecule has 0 saturated carbocycles. The van der Waals surface area contributed by atoms with Gasteiger partial charge in [-0.25, -0.2) is 0 Å². The highest BCUT2D eigenvalue weighted by molar-refractivity contribution is 5.73. The molecule has 0 aromatic rings. The number of rotatable bonds is 3. The molecule has 2 N–H and O–H groups in total. The Morgan fingerprint density at radius 3 is 2.50 bits per heavy atom. The summed E-state index contributed by atoms with van der Waals surface area (Å²) in [5.41, 5.74) is 4.76. The van der Waals surface area contributed by atoms with Gasteiger partial charge in [-0.15, -0.1) is 0 Å². The molecule has 1 amide bonds. The smallest absolute Gasteiger partial charge is 0.217 e. The summed E-state index contributed by atoms with van der Waals surface area (Å²) in [4.78, 5) is 10.0. The first kappa shape index (κ1) is 7.40. The number of carbonyl (C=O) groups excluding carboxylic acids is 1. The molecule has 8 heavy (non-hydrogen) atoms. The van der Waals surface area contributed by atoms with Crippen LogP contribution in [0.15, 0.2) is 0 Å². The lowest BCUT2D eigenvalue weighted by atomic mass is 10.1. The summed E-state index contributed by atoms with van der Waals surface area (Å²) < 4.78 is 11.5. The minimum Gasteiger partial charge on any atom is -0.370 e. The lowest BCUT2D eigenvalue weighted by Crippen LogP contribution is -2.15. The predicted octanol–water partition coefficient (Wildman–Crippen LogP) is 0.467. The Hall–Kier alpha value is -0.600. The quantitative estimate of drug-likeness (QED) is 0.576. The summed E-state index contributed by atoms with van der Waals surface area (Å²) in [6, 6.07) is 0. The normalized spacial score (nSPS) is 13.2. The monoisotopic (exact) mass is 119 g/mol. The highest BCUT2D eigenvalue weighted by Gasteiger charge is 2.03. The van der Waals surface area contributed by atoms with E-state index in [1.165, 1.54) is 0 Å². The van der Waals surface area contributed by atoms with Crippen LogP contribution in [-0.2, 0) is 4.79 Å². The van der Waals surface area contributed by atoms with Crippen molar-refractivity contribution in [3.63, 3.8) is 0 Å². The van der Waals surface area contributed by atoms with E-state index in [1.807, 2.05) is 0 Å². The SMILES string of the molecule is CC(CF)CC(N)=O. The maximum Gasteiger partial charge on any atom is 0.217 e. The van der Waals surface area contributed by atoms with Crippen molar-refractivity contribution in [3.8, 4) is 0 Å². The van der Waals surface area contributed by atoms with E-state index >= 15 is 0 Å². The van der Waals surface area contributed by atoms with E-state index in [0.717, 1.165) is 0 Å². The molecule has 0 bridgehead atoms. The van der Waals surface area contributed by atoms with Crippen LogP contribution < -0.4 is 5.73 Å². The van der Waals surface area contributed by atoms with Gasteiger partial charge in [0.1, 0.15) is 0 Å². The van der Waals surface area contributed by atoms with Crippen LogP contribution in [0.3, 0.4) is 0 Å². The summed E-state index contributed by atoms with van der Waals surface area (Å²) in [5, 5.41) is 0. The van der Waals surface area contributed by atoms with Gasteiger partial charge in [0.25, 0.3) is 0 Å². The molecule has 0 aromatic carbocycles. The van der Waals surface area contributed by atoms with Crippen LogP contribution in [0.1, 0.15) is 13.3 Å². The Balaban J connectivity index is 3.24. The molecule has 0 aliphatic rings. The molecule has 2 nitrogen and oxygen atoms in total. The zero-order chi connectivity index (χ0) is 6.57. The number of alkyl halides is 1. The van der Waals surface area contributed by atoms with Gasteiger partial charge in [0.15, 0.2) is 0 Å². The summed E-state index contributed by atoms with van der Waals surface area (Å²) in [6.07, 6.45) is 0.149. The molecule has 48 valence electrons. The van der Waals surface area contributed by atoms with Crippen molar-refractivity contribution in [2.75, 3.05) is 6.67 Å². The molecule has 0 rings (SSSR count). The lowest BCUT2D eigenvalue weighted by Gasteiger charge is -1.99. The van der Waals surface area contributed by atoms with Gasteiger partial charge in [-0.1, -0.05) is 6.92 Å². The average Bonchev–Trinajstić information content (AvgIpc) is 1.65. The molecular formula is C5H10FNO.